The summed E-state index contributed by atoms with van der Waals surface area (Å²) in [5.41, 5.74) is 0.744. The van der Waals surface area contributed by atoms with Crippen molar-refractivity contribution >= 4 is 40.2 Å². The summed E-state index contributed by atoms with van der Waals surface area (Å²) in [4.78, 5) is 23.9. The maximum atomic E-state index is 12.5. The number of hydrogen-bond acceptors (Lipinski definition) is 2. The second-order valence-electron chi connectivity index (χ2n) is 5.31. The van der Waals surface area contributed by atoms with Gasteiger partial charge in [-0.3, -0.25) is 9.59 Å². The van der Waals surface area contributed by atoms with Crippen molar-refractivity contribution in [3.8, 4) is 0 Å². The zero-order valence-electron chi connectivity index (χ0n) is 10.6. The first-order chi connectivity index (χ1) is 9.58. The van der Waals surface area contributed by atoms with Crippen molar-refractivity contribution in [3.05, 3.63) is 40.0 Å². The van der Waals surface area contributed by atoms with E-state index in [1.54, 1.807) is 0 Å². The van der Waals surface area contributed by atoms with Gasteiger partial charge in [0.15, 0.2) is 0 Å². The van der Waals surface area contributed by atoms with E-state index in [0.717, 1.165) is 15.7 Å². The molecule has 1 amide bonds. The summed E-state index contributed by atoms with van der Waals surface area (Å²) in [7, 11) is 0. The van der Waals surface area contributed by atoms with Crippen molar-refractivity contribution in [2.45, 2.75) is 6.42 Å². The van der Waals surface area contributed by atoms with Crippen LogP contribution in [0.1, 0.15) is 6.42 Å². The number of benzene rings is 1. The minimum Gasteiger partial charge on any atom is -0.481 e. The lowest BCUT2D eigenvalue weighted by Gasteiger charge is -2.24. The van der Waals surface area contributed by atoms with Crippen LogP contribution in [0.3, 0.4) is 0 Å². The zero-order chi connectivity index (χ0) is 14.3. The predicted molar refractivity (Wildman–Crippen MR) is 83.1 cm³/mol. The van der Waals surface area contributed by atoms with Gasteiger partial charge in [-0.15, -0.1) is 0 Å². The highest BCUT2D eigenvalue weighted by Crippen LogP contribution is 2.48. The molecule has 1 saturated carbocycles. The molecule has 3 rings (SSSR count). The lowest BCUT2D eigenvalue weighted by atomic mass is 9.82. The first kappa shape index (κ1) is 13.6. The number of fused-ring (bicyclic) bond motifs is 2. The molecule has 0 radical (unpaired) electrons. The Labute approximate surface area is 130 Å². The predicted octanol–water partition coefficient (Wildman–Crippen LogP) is 2.75. The van der Waals surface area contributed by atoms with Crippen LogP contribution in [0.2, 0.25) is 0 Å². The topological polar surface area (TPSA) is 66.4 Å². The Bertz CT molecular complexity index is 599. The van der Waals surface area contributed by atoms with Crippen molar-refractivity contribution in [2.24, 2.45) is 23.7 Å². The number of nitrogens with one attached hydrogen (secondary N) is 1. The molecule has 0 spiro atoms. The molecular formula is C15H14INO3. The highest BCUT2D eigenvalue weighted by molar-refractivity contribution is 14.1. The second-order valence-corrected chi connectivity index (χ2v) is 6.47. The van der Waals surface area contributed by atoms with E-state index in [1.807, 2.05) is 36.4 Å². The van der Waals surface area contributed by atoms with Crippen molar-refractivity contribution in [3.63, 3.8) is 0 Å². The van der Waals surface area contributed by atoms with Crippen LogP contribution in [0.5, 0.6) is 0 Å². The fourth-order valence-corrected chi connectivity index (χ4v) is 3.82. The molecule has 2 bridgehead atoms. The van der Waals surface area contributed by atoms with Gasteiger partial charge >= 0.3 is 5.97 Å². The first-order valence-corrected chi connectivity index (χ1v) is 7.62. The quantitative estimate of drug-likeness (QED) is 0.623. The number of rotatable bonds is 3. The number of para-hydroxylation sites is 1. The Morgan fingerprint density at radius 3 is 2.45 bits per heavy atom. The summed E-state index contributed by atoms with van der Waals surface area (Å²) in [6.45, 7) is 0. The van der Waals surface area contributed by atoms with E-state index in [0.29, 0.717) is 0 Å². The molecule has 4 atom stereocenters. The van der Waals surface area contributed by atoms with Gasteiger partial charge in [-0.25, -0.2) is 0 Å². The number of carbonyl (C=O) groups is 2. The van der Waals surface area contributed by atoms with Gasteiger partial charge in [-0.2, -0.15) is 0 Å². The Kier molecular flexibility index (Phi) is 3.54. The standard InChI is InChI=1S/C15H14INO3/c16-10-3-1-2-4-11(10)17-14(18)12-8-5-6-9(7-8)13(12)15(19)20/h1-6,8-9,12-13H,7H2,(H,17,18)(H,19,20)/t8-,9-,12+,13+/m0/s1. The SMILES string of the molecule is O=C(O)[C@H]1[C@H](C(=O)Nc2ccccc2I)[C@H]2C=C[C@H]1C2. The van der Waals surface area contributed by atoms with Crippen LogP contribution in [-0.4, -0.2) is 17.0 Å². The summed E-state index contributed by atoms with van der Waals surface area (Å²) < 4.78 is 0.948. The molecule has 20 heavy (non-hydrogen) atoms. The van der Waals surface area contributed by atoms with Gasteiger partial charge in [0.25, 0.3) is 0 Å². The summed E-state index contributed by atoms with van der Waals surface area (Å²) in [6.07, 6.45) is 4.71. The molecule has 0 heterocycles. The van der Waals surface area contributed by atoms with E-state index >= 15 is 0 Å². The molecule has 0 unspecified atom stereocenters. The maximum absolute atomic E-state index is 12.5. The third kappa shape index (κ3) is 2.24. The second kappa shape index (κ2) is 5.20. The highest BCUT2D eigenvalue weighted by atomic mass is 127. The van der Waals surface area contributed by atoms with E-state index < -0.39 is 17.8 Å². The number of carboxylic acid groups (broad SMARTS) is 1. The summed E-state index contributed by atoms with van der Waals surface area (Å²) >= 11 is 2.15. The van der Waals surface area contributed by atoms with Gasteiger partial charge in [0, 0.05) is 3.57 Å². The number of amides is 1. The number of anilines is 1. The van der Waals surface area contributed by atoms with Crippen LogP contribution >= 0.6 is 22.6 Å². The average Bonchev–Trinajstić information content (AvgIpc) is 3.01. The van der Waals surface area contributed by atoms with Crippen molar-refractivity contribution in [2.75, 3.05) is 5.32 Å². The van der Waals surface area contributed by atoms with Gasteiger partial charge in [-0.1, -0.05) is 24.3 Å². The number of allylic oxidation sites excluding steroid dienone is 2. The molecule has 0 aromatic heterocycles. The monoisotopic (exact) mass is 383 g/mol. The zero-order valence-corrected chi connectivity index (χ0v) is 12.8. The molecule has 104 valence electrons. The minimum absolute atomic E-state index is 0.00287. The maximum Gasteiger partial charge on any atom is 0.307 e. The van der Waals surface area contributed by atoms with E-state index in [2.05, 4.69) is 27.9 Å². The summed E-state index contributed by atoms with van der Waals surface area (Å²) in [5.74, 6) is -2.04. The van der Waals surface area contributed by atoms with Crippen molar-refractivity contribution in [1.82, 2.24) is 0 Å². The van der Waals surface area contributed by atoms with Crippen LogP contribution in [0.15, 0.2) is 36.4 Å². The molecule has 5 heteroatoms. The van der Waals surface area contributed by atoms with E-state index in [9.17, 15) is 14.7 Å². The molecule has 4 nitrogen and oxygen atoms in total. The smallest absolute Gasteiger partial charge is 0.307 e. The van der Waals surface area contributed by atoms with Gasteiger partial charge in [0.2, 0.25) is 5.91 Å². The number of carboxylic acids is 1. The van der Waals surface area contributed by atoms with Crippen LogP contribution in [0, 0.1) is 27.2 Å². The molecule has 2 aliphatic carbocycles. The molecule has 2 N–H and O–H groups in total. The lowest BCUT2D eigenvalue weighted by Crippen LogP contribution is -2.36. The number of aliphatic carboxylic acids is 1. The Balaban J connectivity index is 1.82. The van der Waals surface area contributed by atoms with Gasteiger partial charge in [0.1, 0.15) is 0 Å². The molecule has 1 aromatic rings. The highest BCUT2D eigenvalue weighted by Gasteiger charge is 2.51. The van der Waals surface area contributed by atoms with Crippen molar-refractivity contribution in [1.29, 1.82) is 0 Å². The van der Waals surface area contributed by atoms with Gasteiger partial charge in [-0.05, 0) is 53.0 Å². The number of halogens is 1. The Hall–Kier alpha value is -1.37. The molecule has 1 fully saturated rings. The third-order valence-electron chi connectivity index (χ3n) is 4.18. The molecule has 0 aliphatic heterocycles. The van der Waals surface area contributed by atoms with Crippen LogP contribution in [0.25, 0.3) is 0 Å². The van der Waals surface area contributed by atoms with Crippen LogP contribution in [-0.2, 0) is 9.59 Å². The molecule has 2 aliphatic rings. The number of carbonyl (C=O) groups excluding carboxylic acids is 1. The van der Waals surface area contributed by atoms with Crippen LogP contribution < -0.4 is 5.32 Å². The Morgan fingerprint density at radius 1 is 1.15 bits per heavy atom. The van der Waals surface area contributed by atoms with Crippen LogP contribution in [0.4, 0.5) is 5.69 Å². The summed E-state index contributed by atoms with van der Waals surface area (Å²) in [6, 6.07) is 7.49. The fraction of sp³-hybridized carbons (Fsp3) is 0.333. The fourth-order valence-electron chi connectivity index (χ4n) is 3.29. The van der Waals surface area contributed by atoms with E-state index in [-0.39, 0.29) is 17.7 Å². The molecule has 0 saturated heterocycles. The molecular weight excluding hydrogens is 369 g/mol. The normalized spacial score (nSPS) is 30.4. The van der Waals surface area contributed by atoms with Gasteiger partial charge < -0.3 is 10.4 Å². The minimum atomic E-state index is -0.871. The van der Waals surface area contributed by atoms with E-state index in [1.165, 1.54) is 0 Å². The first-order valence-electron chi connectivity index (χ1n) is 6.54. The van der Waals surface area contributed by atoms with Gasteiger partial charge in [0.05, 0.1) is 17.5 Å². The average molecular weight is 383 g/mol. The summed E-state index contributed by atoms with van der Waals surface area (Å²) in [5, 5.41) is 12.2. The Morgan fingerprint density at radius 2 is 1.80 bits per heavy atom. The van der Waals surface area contributed by atoms with Crippen molar-refractivity contribution < 1.29 is 14.7 Å². The van der Waals surface area contributed by atoms with E-state index in [4.69, 9.17) is 0 Å². The molecule has 1 aromatic carbocycles. The lowest BCUT2D eigenvalue weighted by molar-refractivity contribution is -0.146. The number of hydrogen-bond donors (Lipinski definition) is 2. The largest absolute Gasteiger partial charge is 0.481 e. The third-order valence-corrected chi connectivity index (χ3v) is 5.12.